The van der Waals surface area contributed by atoms with Crippen molar-refractivity contribution in [2.75, 3.05) is 0 Å². The summed E-state index contributed by atoms with van der Waals surface area (Å²) in [4.78, 5) is 62.9. The second-order valence-corrected chi connectivity index (χ2v) is 12.9. The summed E-state index contributed by atoms with van der Waals surface area (Å²) in [6.45, 7) is 0.113. The van der Waals surface area contributed by atoms with E-state index in [1.54, 1.807) is 24.3 Å². The number of aromatic nitrogens is 7. The topological polar surface area (TPSA) is 129 Å². The maximum absolute atomic E-state index is 13.3. The van der Waals surface area contributed by atoms with Gasteiger partial charge in [0.2, 0.25) is 0 Å². The Balaban J connectivity index is 0.00000109. The second-order valence-electron chi connectivity index (χ2n) is 12.9. The summed E-state index contributed by atoms with van der Waals surface area (Å²) in [6.07, 6.45) is 0. The second kappa shape index (κ2) is 15.0. The quantitative estimate of drug-likeness (QED) is 0.0720. The number of hydrogen-bond acceptors (Lipinski definition) is 8. The van der Waals surface area contributed by atoms with E-state index in [-0.39, 0.29) is 42.9 Å². The third-order valence-electron chi connectivity index (χ3n) is 9.87. The van der Waals surface area contributed by atoms with Crippen LogP contribution in [-0.4, -0.2) is 46.6 Å². The molecule has 0 N–H and O–H groups in total. The first kappa shape index (κ1) is 37.6. The van der Waals surface area contributed by atoms with Crippen molar-refractivity contribution in [3.05, 3.63) is 138 Å². The number of hydrogen-bond donors (Lipinski definition) is 0. The van der Waals surface area contributed by atoms with Crippen LogP contribution in [0.3, 0.4) is 0 Å². The zero-order chi connectivity index (χ0) is 36.5. The summed E-state index contributed by atoms with van der Waals surface area (Å²) >= 11 is 4.24. The Morgan fingerprint density at radius 1 is 0.500 bits per heavy atom. The molecule has 0 aliphatic carbocycles. The van der Waals surface area contributed by atoms with Gasteiger partial charge in [-0.25, -0.2) is 9.97 Å². The van der Waals surface area contributed by atoms with Gasteiger partial charge in [0, 0.05) is 70.8 Å². The average Bonchev–Trinajstić information content (AvgIpc) is 3.99. The molecular formula is C43H26CuI2N8O2. The van der Waals surface area contributed by atoms with Crippen molar-refractivity contribution in [3.8, 4) is 45.6 Å². The van der Waals surface area contributed by atoms with E-state index >= 15 is 0 Å². The van der Waals surface area contributed by atoms with Gasteiger partial charge >= 0.3 is 17.1 Å². The number of nitrogens with zero attached hydrogens (tertiary/aromatic N) is 8. The molecular weight excluding hydrogens is 978 g/mol. The molecule has 56 heavy (non-hydrogen) atoms. The smallest absolute Gasteiger partial charge is 0.357 e. The van der Waals surface area contributed by atoms with Crippen LogP contribution in [0.4, 0.5) is 0 Å². The van der Waals surface area contributed by atoms with Gasteiger partial charge in [-0.1, -0.05) is 98.4 Å². The van der Waals surface area contributed by atoms with Crippen LogP contribution in [0.5, 0.6) is 0 Å². The molecule has 0 atom stereocenters. The van der Waals surface area contributed by atoms with E-state index in [1.165, 1.54) is 4.90 Å². The molecule has 0 saturated carbocycles. The van der Waals surface area contributed by atoms with Crippen LogP contribution < -0.4 is 4.98 Å². The first-order valence-corrected chi connectivity index (χ1v) is 23.2. The summed E-state index contributed by atoms with van der Waals surface area (Å²) < 4.78 is 0. The normalized spacial score (nSPS) is 12.3. The predicted molar refractivity (Wildman–Crippen MR) is 232 cm³/mol. The van der Waals surface area contributed by atoms with Crippen LogP contribution in [0.15, 0.2) is 121 Å². The van der Waals surface area contributed by atoms with E-state index in [1.807, 2.05) is 97.1 Å². The largest absolute Gasteiger partial charge is 2.00 e. The van der Waals surface area contributed by atoms with Gasteiger partial charge in [0.15, 0.2) is 11.6 Å². The Morgan fingerprint density at radius 3 is 1.39 bits per heavy atom. The first-order chi connectivity index (χ1) is 26.6. The molecule has 10 nitrogen and oxygen atoms in total. The minimum atomic E-state index is -0.306. The molecule has 2 aromatic heterocycles. The number of halogens is 2. The molecule has 3 aliphatic heterocycles. The predicted octanol–water partition coefficient (Wildman–Crippen LogP) is 10.1. The van der Waals surface area contributed by atoms with E-state index in [4.69, 9.17) is 34.9 Å². The maximum atomic E-state index is 13.3. The molecule has 1 radical (unpaired) electrons. The van der Waals surface area contributed by atoms with Crippen molar-refractivity contribution in [1.82, 2.24) is 39.8 Å². The minimum Gasteiger partial charge on any atom is -0.357 e. The van der Waals surface area contributed by atoms with Crippen molar-refractivity contribution < 1.29 is 26.7 Å². The average molecular weight is 1000 g/mol. The monoisotopic (exact) mass is 1000 g/mol. The first-order valence-electron chi connectivity index (χ1n) is 16.9. The van der Waals surface area contributed by atoms with E-state index in [9.17, 15) is 9.59 Å². The Hall–Kier alpha value is -5.35. The zero-order valence-corrected chi connectivity index (χ0v) is 33.5. The SMILES string of the molecule is C.II.O=C1c2ccccc2C(=O)N1Cc1ccc2c3[cH-]c(nc4nc(nc5[n-]c(nc6nc(n3)-c3ccccc3-6)c3ccccc53)-c3ccccc3-4)c2c1.[Cu+2]. The minimum absolute atomic E-state index is 0. The molecule has 8 bridgehead atoms. The third-order valence-corrected chi connectivity index (χ3v) is 9.87. The molecule has 13 heteroatoms. The summed E-state index contributed by atoms with van der Waals surface area (Å²) in [5, 5.41) is 3.36. The number of amides is 2. The Kier molecular flexibility index (Phi) is 10.0. The van der Waals surface area contributed by atoms with Gasteiger partial charge in [-0.15, -0.1) is 29.0 Å². The summed E-state index contributed by atoms with van der Waals surface area (Å²) in [5.74, 6) is 1.43. The number of carbonyl (C=O) groups is 2. The number of carbonyl (C=O) groups excluding carboxylic acids is 2. The Labute approximate surface area is 354 Å². The molecule has 5 heterocycles. The number of benzene rings is 5. The Bertz CT molecular complexity index is 3050. The van der Waals surface area contributed by atoms with E-state index in [0.29, 0.717) is 56.8 Å². The molecule has 0 fully saturated rings. The van der Waals surface area contributed by atoms with Gasteiger partial charge in [0.1, 0.15) is 0 Å². The molecule has 2 amide bonds. The number of rotatable bonds is 2. The van der Waals surface area contributed by atoms with Crippen LogP contribution in [0.2, 0.25) is 0 Å². The van der Waals surface area contributed by atoms with Gasteiger partial charge in [-0.05, 0) is 39.5 Å². The summed E-state index contributed by atoms with van der Waals surface area (Å²) in [6, 6.07) is 38.4. The fraction of sp³-hybridized carbons (Fsp3) is 0.0465. The zero-order valence-electron chi connectivity index (χ0n) is 28.2. The number of fused-ring (bicyclic) bond motifs is 21. The van der Waals surface area contributed by atoms with Crippen LogP contribution in [0, 0.1) is 0 Å². The van der Waals surface area contributed by atoms with E-state index in [0.717, 1.165) is 49.4 Å². The molecule has 3 aliphatic rings. The Morgan fingerprint density at radius 2 is 0.911 bits per heavy atom. The van der Waals surface area contributed by atoms with Crippen molar-refractivity contribution >= 4 is 92.9 Å². The van der Waals surface area contributed by atoms with Crippen molar-refractivity contribution in [2.24, 2.45) is 0 Å². The molecule has 0 unspecified atom stereocenters. The van der Waals surface area contributed by atoms with Crippen molar-refractivity contribution in [1.29, 1.82) is 0 Å². The van der Waals surface area contributed by atoms with Crippen LogP contribution >= 0.6 is 37.2 Å². The van der Waals surface area contributed by atoms with Crippen LogP contribution in [-0.2, 0) is 23.6 Å². The van der Waals surface area contributed by atoms with Crippen LogP contribution in [0.25, 0.3) is 89.4 Å². The van der Waals surface area contributed by atoms with Gasteiger partial charge in [-0.3, -0.25) is 24.5 Å². The standard InChI is InChI=1S/C42H22N8O2.CH4.Cu.I2/c51-41-30-15-7-8-16-31(30)42(52)50(41)21-22-17-18-23-32(19-22)34-20-33(23)43-35-24-9-1-3-11-26(24)37(45-35)47-39-28-13-5-6-14-29(28)40(49-39)48-38-27-12-4-2-10-25(27)36(44-34)46-38;;;1-2/h1-20H,21H2;1H4;;/q-2;;+2;. The fourth-order valence-corrected chi connectivity index (χ4v) is 7.38. The molecule has 0 saturated heterocycles. The molecule has 11 rings (SSSR count). The van der Waals surface area contributed by atoms with Gasteiger partial charge in [-0.2, -0.15) is 0 Å². The maximum Gasteiger partial charge on any atom is 2.00 e. The van der Waals surface area contributed by atoms with E-state index in [2.05, 4.69) is 37.2 Å². The molecule has 6 aromatic carbocycles. The van der Waals surface area contributed by atoms with Gasteiger partial charge in [0.25, 0.3) is 11.8 Å². The van der Waals surface area contributed by atoms with E-state index < -0.39 is 0 Å². The van der Waals surface area contributed by atoms with Crippen LogP contribution in [0.1, 0.15) is 33.7 Å². The van der Waals surface area contributed by atoms with Gasteiger partial charge in [0.05, 0.1) is 29.3 Å². The van der Waals surface area contributed by atoms with Crippen molar-refractivity contribution in [3.63, 3.8) is 0 Å². The summed E-state index contributed by atoms with van der Waals surface area (Å²) in [5.41, 5.74) is 7.34. The third kappa shape index (κ3) is 6.00. The summed E-state index contributed by atoms with van der Waals surface area (Å²) in [7, 11) is 0. The molecule has 8 aromatic rings. The molecule has 275 valence electrons. The number of imide groups is 1. The van der Waals surface area contributed by atoms with Crippen molar-refractivity contribution in [2.45, 2.75) is 14.0 Å². The molecule has 0 spiro atoms. The van der Waals surface area contributed by atoms with Gasteiger partial charge < -0.3 is 15.0 Å². The fourth-order valence-electron chi connectivity index (χ4n) is 7.38.